The second-order valence-corrected chi connectivity index (χ2v) is 17.8. The third kappa shape index (κ3) is 48.5. The van der Waals surface area contributed by atoms with Crippen LogP contribution in [0.15, 0.2) is 36.5 Å². The molecule has 1 atom stereocenters. The van der Waals surface area contributed by atoms with Gasteiger partial charge in [-0.2, -0.15) is 0 Å². The van der Waals surface area contributed by atoms with Crippen molar-refractivity contribution in [1.82, 2.24) is 0 Å². The van der Waals surface area contributed by atoms with Crippen LogP contribution in [0.3, 0.4) is 0 Å². The van der Waals surface area contributed by atoms with Gasteiger partial charge in [-0.25, -0.2) is 0 Å². The summed E-state index contributed by atoms with van der Waals surface area (Å²) in [6.45, 7) is 6.60. The van der Waals surface area contributed by atoms with Crippen LogP contribution in [-0.2, 0) is 28.6 Å². The number of hydrogen-bond donors (Lipinski definition) is 0. The zero-order chi connectivity index (χ0) is 44.4. The number of carbonyl (C=O) groups excluding carboxylic acids is 3. The molecule has 0 spiro atoms. The van der Waals surface area contributed by atoms with Gasteiger partial charge in [-0.3, -0.25) is 14.4 Å². The summed E-state index contributed by atoms with van der Waals surface area (Å²) in [5.41, 5.74) is 0. The van der Waals surface area contributed by atoms with Crippen molar-refractivity contribution >= 4 is 17.9 Å². The molecule has 0 heterocycles. The average molecular weight is 857 g/mol. The molecule has 0 N–H and O–H groups in total. The molecule has 356 valence electrons. The fourth-order valence-corrected chi connectivity index (χ4v) is 7.59. The Kier molecular flexibility index (Phi) is 48.3. The van der Waals surface area contributed by atoms with Gasteiger partial charge in [0.2, 0.25) is 0 Å². The maximum Gasteiger partial charge on any atom is 0.306 e. The van der Waals surface area contributed by atoms with Crippen LogP contribution >= 0.6 is 0 Å². The molecule has 0 aromatic rings. The normalized spacial score (nSPS) is 12.2. The fourth-order valence-electron chi connectivity index (χ4n) is 7.59. The Labute approximate surface area is 378 Å². The molecule has 0 aliphatic carbocycles. The van der Waals surface area contributed by atoms with Crippen molar-refractivity contribution in [2.75, 3.05) is 13.2 Å². The van der Waals surface area contributed by atoms with Gasteiger partial charge in [0.25, 0.3) is 0 Å². The first-order chi connectivity index (χ1) is 30.0. The van der Waals surface area contributed by atoms with Crippen molar-refractivity contribution in [2.45, 2.75) is 284 Å². The second kappa shape index (κ2) is 50.3. The molecule has 0 saturated carbocycles. The zero-order valence-corrected chi connectivity index (χ0v) is 40.7. The van der Waals surface area contributed by atoms with E-state index in [4.69, 9.17) is 14.2 Å². The van der Waals surface area contributed by atoms with E-state index in [1.165, 1.54) is 154 Å². The minimum Gasteiger partial charge on any atom is -0.462 e. The molecule has 0 fully saturated rings. The Balaban J connectivity index is 4.38. The number of rotatable bonds is 48. The van der Waals surface area contributed by atoms with Gasteiger partial charge < -0.3 is 14.2 Å². The molecule has 61 heavy (non-hydrogen) atoms. The highest BCUT2D eigenvalue weighted by molar-refractivity contribution is 5.71. The van der Waals surface area contributed by atoms with E-state index in [2.05, 4.69) is 57.2 Å². The van der Waals surface area contributed by atoms with Crippen LogP contribution in [-0.4, -0.2) is 37.2 Å². The lowest BCUT2D eigenvalue weighted by Gasteiger charge is -2.18. The molecule has 0 aliphatic rings. The van der Waals surface area contributed by atoms with E-state index in [-0.39, 0.29) is 31.1 Å². The molecule has 0 amide bonds. The lowest BCUT2D eigenvalue weighted by atomic mass is 10.0. The maximum absolute atomic E-state index is 12.8. The van der Waals surface area contributed by atoms with Crippen LogP contribution in [0.25, 0.3) is 0 Å². The molecule has 0 saturated heterocycles. The summed E-state index contributed by atoms with van der Waals surface area (Å²) in [4.78, 5) is 38.0. The average Bonchev–Trinajstić information content (AvgIpc) is 3.26. The first kappa shape index (κ1) is 58.6. The number of unbranched alkanes of at least 4 members (excludes halogenated alkanes) is 31. The van der Waals surface area contributed by atoms with Crippen LogP contribution in [0, 0.1) is 0 Å². The highest BCUT2D eigenvalue weighted by Gasteiger charge is 2.19. The minimum atomic E-state index is -0.777. The molecule has 6 nitrogen and oxygen atoms in total. The first-order valence-electron chi connectivity index (χ1n) is 26.5. The molecule has 0 bridgehead atoms. The summed E-state index contributed by atoms with van der Waals surface area (Å²) < 4.78 is 16.8. The van der Waals surface area contributed by atoms with Gasteiger partial charge in [-0.05, 0) is 77.0 Å². The third-order valence-corrected chi connectivity index (χ3v) is 11.6. The predicted molar refractivity (Wildman–Crippen MR) is 261 cm³/mol. The van der Waals surface area contributed by atoms with Gasteiger partial charge in [-0.1, -0.05) is 218 Å². The number of ether oxygens (including phenoxy) is 3. The number of esters is 3. The predicted octanol–water partition coefficient (Wildman–Crippen LogP) is 17.3. The van der Waals surface area contributed by atoms with Gasteiger partial charge in [0.05, 0.1) is 0 Å². The van der Waals surface area contributed by atoms with Crippen molar-refractivity contribution in [3.63, 3.8) is 0 Å². The quantitative estimate of drug-likeness (QED) is 0.0262. The van der Waals surface area contributed by atoms with Gasteiger partial charge >= 0.3 is 17.9 Å². The molecule has 0 aromatic carbocycles. The summed E-state index contributed by atoms with van der Waals surface area (Å²) in [6, 6.07) is 0. The molecule has 6 heteroatoms. The summed E-state index contributed by atoms with van der Waals surface area (Å²) in [6.07, 6.45) is 58.3. The standard InChI is InChI=1S/C55H100O6/c1-4-7-10-13-16-19-22-25-27-30-33-36-39-42-45-48-54(57)60-51-52(50-59-53(56)47-44-41-38-35-32-29-24-21-18-15-12-9-6-3)61-55(58)49-46-43-40-37-34-31-28-26-23-20-17-14-11-8-5-2/h16,19,21,24-25,27,52H,4-15,17-18,20,22-23,26,28-51H2,1-3H3/b19-16+,24-21+,27-25+/t52-/m1/s1. The molecule has 0 aliphatic heterocycles. The smallest absolute Gasteiger partial charge is 0.306 e. The molecule has 0 unspecified atom stereocenters. The fraction of sp³-hybridized carbons (Fsp3) is 0.836. The Hall–Kier alpha value is -2.37. The van der Waals surface area contributed by atoms with Crippen molar-refractivity contribution in [3.8, 4) is 0 Å². The first-order valence-corrected chi connectivity index (χ1v) is 26.5. The van der Waals surface area contributed by atoms with Crippen LogP contribution < -0.4 is 0 Å². The molecular weight excluding hydrogens is 757 g/mol. The summed E-state index contributed by atoms with van der Waals surface area (Å²) in [5.74, 6) is -0.888. The second-order valence-electron chi connectivity index (χ2n) is 17.8. The van der Waals surface area contributed by atoms with E-state index in [1.807, 2.05) is 0 Å². The van der Waals surface area contributed by atoms with Crippen molar-refractivity contribution in [3.05, 3.63) is 36.5 Å². The highest BCUT2D eigenvalue weighted by atomic mass is 16.6. The number of carbonyl (C=O) groups is 3. The maximum atomic E-state index is 12.8. The Morgan fingerprint density at radius 1 is 0.328 bits per heavy atom. The van der Waals surface area contributed by atoms with Crippen LogP contribution in [0.5, 0.6) is 0 Å². The monoisotopic (exact) mass is 857 g/mol. The minimum absolute atomic E-state index is 0.0782. The van der Waals surface area contributed by atoms with E-state index < -0.39 is 6.10 Å². The lowest BCUT2D eigenvalue weighted by Crippen LogP contribution is -2.30. The van der Waals surface area contributed by atoms with E-state index >= 15 is 0 Å². The van der Waals surface area contributed by atoms with Gasteiger partial charge in [0.1, 0.15) is 13.2 Å². The summed E-state index contributed by atoms with van der Waals surface area (Å²) in [5, 5.41) is 0. The number of allylic oxidation sites excluding steroid dienone is 6. The summed E-state index contributed by atoms with van der Waals surface area (Å²) >= 11 is 0. The van der Waals surface area contributed by atoms with Crippen molar-refractivity contribution < 1.29 is 28.6 Å². The Bertz CT molecular complexity index is 1030. The third-order valence-electron chi connectivity index (χ3n) is 11.6. The Morgan fingerprint density at radius 2 is 0.590 bits per heavy atom. The van der Waals surface area contributed by atoms with E-state index in [0.29, 0.717) is 19.3 Å². The highest BCUT2D eigenvalue weighted by Crippen LogP contribution is 2.15. The van der Waals surface area contributed by atoms with Crippen molar-refractivity contribution in [1.29, 1.82) is 0 Å². The van der Waals surface area contributed by atoms with Gasteiger partial charge in [0, 0.05) is 19.3 Å². The molecular formula is C55H100O6. The van der Waals surface area contributed by atoms with Gasteiger partial charge in [0.15, 0.2) is 6.10 Å². The van der Waals surface area contributed by atoms with E-state index in [1.54, 1.807) is 0 Å². The van der Waals surface area contributed by atoms with E-state index in [9.17, 15) is 14.4 Å². The number of hydrogen-bond acceptors (Lipinski definition) is 6. The van der Waals surface area contributed by atoms with Crippen LogP contribution in [0.4, 0.5) is 0 Å². The lowest BCUT2D eigenvalue weighted by molar-refractivity contribution is -0.167. The Morgan fingerprint density at radius 3 is 0.967 bits per heavy atom. The SMILES string of the molecule is CCCCC/C=C/C/C=C/CCCCCCCC(=O)OC[C@@H](COC(=O)CCCCCCC/C=C/CCCCCC)OC(=O)CCCCCCCCCCCCCCCCC. The summed E-state index contributed by atoms with van der Waals surface area (Å²) in [7, 11) is 0. The van der Waals surface area contributed by atoms with Crippen LogP contribution in [0.2, 0.25) is 0 Å². The van der Waals surface area contributed by atoms with Crippen LogP contribution in [0.1, 0.15) is 278 Å². The van der Waals surface area contributed by atoms with E-state index in [0.717, 1.165) is 83.5 Å². The largest absolute Gasteiger partial charge is 0.462 e. The zero-order valence-electron chi connectivity index (χ0n) is 40.7. The topological polar surface area (TPSA) is 78.9 Å². The molecule has 0 aromatic heterocycles. The van der Waals surface area contributed by atoms with Crippen molar-refractivity contribution in [2.24, 2.45) is 0 Å². The molecule has 0 radical (unpaired) electrons. The molecule has 0 rings (SSSR count). The van der Waals surface area contributed by atoms with Gasteiger partial charge in [-0.15, -0.1) is 0 Å².